The molecule has 2 heterocycles. The molecule has 6 aromatic rings. The average Bonchev–Trinajstić information content (AvgIpc) is 3.19. The minimum absolute atomic E-state index is 0. The van der Waals surface area contributed by atoms with Gasteiger partial charge in [-0.3, -0.25) is 0 Å². The third-order valence-electron chi connectivity index (χ3n) is 8.91. The van der Waals surface area contributed by atoms with Crippen LogP contribution in [0.3, 0.4) is 0 Å². The Kier molecular flexibility index (Phi) is 15.4. The molecule has 4 nitrogen and oxygen atoms in total. The predicted octanol–water partition coefficient (Wildman–Crippen LogP) is 3.67. The highest BCUT2D eigenvalue weighted by Gasteiger charge is 2.17. The number of nitrogens with zero attached hydrogens (tertiary/aromatic N) is 2. The summed E-state index contributed by atoms with van der Waals surface area (Å²) in [4.78, 5) is 0. The van der Waals surface area contributed by atoms with Gasteiger partial charge >= 0.3 is 0 Å². The number of aromatic nitrogens is 2. The normalized spacial score (nSPS) is 10.8. The van der Waals surface area contributed by atoms with Gasteiger partial charge in [0.2, 0.25) is 0 Å². The van der Waals surface area contributed by atoms with Gasteiger partial charge in [0, 0.05) is 24.3 Å². The highest BCUT2D eigenvalue weighted by atomic mass is 127. The summed E-state index contributed by atoms with van der Waals surface area (Å²) in [5.74, 6) is 1.64. The van der Waals surface area contributed by atoms with E-state index < -0.39 is 0 Å². The van der Waals surface area contributed by atoms with Crippen molar-refractivity contribution in [3.63, 3.8) is 0 Å². The number of benzene rings is 4. The summed E-state index contributed by atoms with van der Waals surface area (Å²) in [5.41, 5.74) is 11.4. The van der Waals surface area contributed by atoms with Gasteiger partial charge in [0.25, 0.3) is 0 Å². The molecule has 2 aromatic heterocycles. The predicted molar refractivity (Wildman–Crippen MR) is 206 cm³/mol. The maximum atomic E-state index is 5.53. The molecule has 6 heteroatoms. The van der Waals surface area contributed by atoms with Crippen molar-refractivity contribution in [2.24, 2.45) is 0 Å². The first-order valence-electron chi connectivity index (χ1n) is 17.1. The second-order valence-electron chi connectivity index (χ2n) is 12.0. The molecule has 0 aliphatic rings. The summed E-state index contributed by atoms with van der Waals surface area (Å²) < 4.78 is 15.4. The van der Waals surface area contributed by atoms with Crippen LogP contribution >= 0.6 is 0 Å². The number of methoxy groups -OCH3 is 2. The summed E-state index contributed by atoms with van der Waals surface area (Å²) in [5, 5.41) is 0. The lowest BCUT2D eigenvalue weighted by Crippen LogP contribution is -3.00. The number of hydrogen-bond donors (Lipinski definition) is 0. The second-order valence-corrected chi connectivity index (χ2v) is 12.0. The molecule has 0 N–H and O–H groups in total. The van der Waals surface area contributed by atoms with Crippen LogP contribution in [0.25, 0.3) is 35.5 Å². The molecule has 0 unspecified atom stereocenters. The summed E-state index contributed by atoms with van der Waals surface area (Å²) in [6.07, 6.45) is 17.1. The van der Waals surface area contributed by atoms with E-state index in [0.717, 1.165) is 69.1 Å². The molecule has 0 atom stereocenters. The summed E-state index contributed by atoms with van der Waals surface area (Å²) >= 11 is 0. The van der Waals surface area contributed by atoms with Gasteiger partial charge in [-0.2, -0.15) is 0 Å². The lowest BCUT2D eigenvalue weighted by molar-refractivity contribution is -0.693. The van der Waals surface area contributed by atoms with Crippen molar-refractivity contribution in [3.05, 3.63) is 191 Å². The van der Waals surface area contributed by atoms with Crippen molar-refractivity contribution in [2.75, 3.05) is 14.2 Å². The van der Waals surface area contributed by atoms with Crippen molar-refractivity contribution in [3.8, 4) is 11.5 Å². The molecule has 0 saturated carbocycles. The summed E-state index contributed by atoms with van der Waals surface area (Å²) in [7, 11) is 3.40. The second kappa shape index (κ2) is 19.9. The maximum Gasteiger partial charge on any atom is 0.169 e. The number of halogens is 2. The molecule has 6 rings (SSSR count). The Bertz CT molecular complexity index is 1930. The molecular weight excluding hydrogens is 866 g/mol. The Labute approximate surface area is 342 Å². The van der Waals surface area contributed by atoms with Crippen molar-refractivity contribution in [1.29, 1.82) is 0 Å². The lowest BCUT2D eigenvalue weighted by atomic mass is 9.85. The number of rotatable bonds is 12. The van der Waals surface area contributed by atoms with Crippen LogP contribution < -0.4 is 66.6 Å². The molecule has 4 aromatic carbocycles. The van der Waals surface area contributed by atoms with E-state index in [2.05, 4.69) is 169 Å². The molecular formula is C46H44I2N2O2. The molecule has 0 aliphatic carbocycles. The molecule has 52 heavy (non-hydrogen) atoms. The molecule has 0 bridgehead atoms. The Balaban J connectivity index is 0.00000302. The summed E-state index contributed by atoms with van der Waals surface area (Å²) in [6, 6.07) is 42.9. The summed E-state index contributed by atoms with van der Waals surface area (Å²) in [6.45, 7) is 6.21. The number of pyridine rings is 2. The van der Waals surface area contributed by atoms with Gasteiger partial charge in [-0.25, -0.2) is 9.13 Å². The van der Waals surface area contributed by atoms with Gasteiger partial charge in [-0.1, -0.05) is 97.1 Å². The first-order valence-corrected chi connectivity index (χ1v) is 17.1. The maximum absolute atomic E-state index is 5.53. The van der Waals surface area contributed by atoms with E-state index in [1.165, 1.54) is 11.1 Å². The number of hydrogen-bond acceptors (Lipinski definition) is 2. The van der Waals surface area contributed by atoms with Crippen LogP contribution in [0.5, 0.6) is 11.5 Å². The minimum Gasteiger partial charge on any atom is -1.00 e. The van der Waals surface area contributed by atoms with Gasteiger partial charge in [-0.15, -0.1) is 0 Å². The highest BCUT2D eigenvalue weighted by Crippen LogP contribution is 2.38. The van der Waals surface area contributed by atoms with Crippen molar-refractivity contribution in [2.45, 2.75) is 26.9 Å². The van der Waals surface area contributed by atoms with Crippen LogP contribution in [0.15, 0.2) is 146 Å². The topological polar surface area (TPSA) is 26.2 Å². The third kappa shape index (κ3) is 10.3. The standard InChI is InChI=1S/C46H44N2O2.2HI/c1-5-47-31-27-37(28-32-47)9-7-35-11-15-39(16-12-35)45(40-17-13-36(14-18-40)8-10-38-29-33-48(6-2)34-30-38)46(41-19-23-43(49-3)24-20-41)42-21-25-44(50-4)26-22-42;;/h7-34H,5-6H2,1-4H3;2*1H/q+2;;/p-2/b9-7+,10-8+;;. The average molecular weight is 911 g/mol. The van der Waals surface area contributed by atoms with Crippen LogP contribution in [0.4, 0.5) is 0 Å². The van der Waals surface area contributed by atoms with E-state index in [1.807, 2.05) is 24.3 Å². The zero-order valence-electron chi connectivity index (χ0n) is 30.0. The largest absolute Gasteiger partial charge is 1.00 e. The Hall–Kier alpha value is -4.54. The van der Waals surface area contributed by atoms with E-state index in [0.29, 0.717) is 0 Å². The fraction of sp³-hybridized carbons (Fsp3) is 0.130. The van der Waals surface area contributed by atoms with Crippen LogP contribution in [-0.2, 0) is 13.1 Å². The molecule has 0 fully saturated rings. The van der Waals surface area contributed by atoms with Crippen molar-refractivity contribution in [1.82, 2.24) is 0 Å². The fourth-order valence-corrected chi connectivity index (χ4v) is 5.91. The SMILES string of the molecule is CC[n+]1ccc(/C=C/c2ccc(C(=C(c3ccc(OC)cc3)c3ccc(OC)cc3)c3ccc(/C=C/c4cc[n+](CC)cc4)cc3)cc2)cc1.[I-].[I-]. The third-order valence-corrected chi connectivity index (χ3v) is 8.91. The van der Waals surface area contributed by atoms with Crippen molar-refractivity contribution >= 4 is 35.5 Å². The minimum atomic E-state index is 0. The van der Waals surface area contributed by atoms with Gasteiger partial charge in [-0.05, 0) is 93.8 Å². The van der Waals surface area contributed by atoms with Gasteiger partial charge in [0.05, 0.1) is 14.2 Å². The number of ether oxygens (including phenoxy) is 2. The zero-order valence-corrected chi connectivity index (χ0v) is 34.4. The number of aryl methyl sites for hydroxylation is 2. The van der Waals surface area contributed by atoms with Crippen molar-refractivity contribution < 1.29 is 66.6 Å². The molecule has 0 amide bonds. The van der Waals surface area contributed by atoms with E-state index in [9.17, 15) is 0 Å². The molecule has 0 aliphatic heterocycles. The molecule has 264 valence electrons. The van der Waals surface area contributed by atoms with E-state index in [4.69, 9.17) is 9.47 Å². The fourth-order valence-electron chi connectivity index (χ4n) is 5.91. The Morgan fingerprint density at radius 1 is 0.404 bits per heavy atom. The Morgan fingerprint density at radius 2 is 0.654 bits per heavy atom. The first-order chi connectivity index (χ1) is 24.6. The van der Waals surface area contributed by atoms with Crippen LogP contribution in [-0.4, -0.2) is 14.2 Å². The molecule has 0 spiro atoms. The van der Waals surface area contributed by atoms with Gasteiger partial charge in [0.15, 0.2) is 24.8 Å². The molecule has 0 radical (unpaired) electrons. The quantitative estimate of drug-likeness (QED) is 0.107. The van der Waals surface area contributed by atoms with Crippen LogP contribution in [0, 0.1) is 0 Å². The zero-order chi connectivity index (χ0) is 34.7. The van der Waals surface area contributed by atoms with Crippen LogP contribution in [0.2, 0.25) is 0 Å². The van der Waals surface area contributed by atoms with Gasteiger partial charge in [0.1, 0.15) is 24.6 Å². The van der Waals surface area contributed by atoms with Crippen LogP contribution in [0.1, 0.15) is 58.4 Å². The van der Waals surface area contributed by atoms with E-state index in [-0.39, 0.29) is 48.0 Å². The highest BCUT2D eigenvalue weighted by molar-refractivity contribution is 6.04. The van der Waals surface area contributed by atoms with Gasteiger partial charge < -0.3 is 57.4 Å². The van der Waals surface area contributed by atoms with E-state index in [1.54, 1.807) is 14.2 Å². The molecule has 0 saturated heterocycles. The monoisotopic (exact) mass is 910 g/mol. The first kappa shape index (κ1) is 40.2. The van der Waals surface area contributed by atoms with E-state index >= 15 is 0 Å². The smallest absolute Gasteiger partial charge is 0.169 e. The lowest BCUT2D eigenvalue weighted by Gasteiger charge is -2.19. The Morgan fingerprint density at radius 3 is 0.904 bits per heavy atom.